The lowest BCUT2D eigenvalue weighted by Crippen LogP contribution is -2.13. The minimum Gasteiger partial charge on any atom is -0.497 e. The lowest BCUT2D eigenvalue weighted by atomic mass is 10.0. The zero-order valence-corrected chi connectivity index (χ0v) is 10.3. The second-order valence-electron chi connectivity index (χ2n) is 3.76. The van der Waals surface area contributed by atoms with Gasteiger partial charge in [-0.05, 0) is 12.1 Å². The third-order valence-electron chi connectivity index (χ3n) is 2.72. The van der Waals surface area contributed by atoms with Crippen LogP contribution in [0.3, 0.4) is 0 Å². The maximum atomic E-state index is 6.18. The van der Waals surface area contributed by atoms with Crippen LogP contribution in [-0.2, 0) is 0 Å². The van der Waals surface area contributed by atoms with E-state index in [1.54, 1.807) is 32.7 Å². The summed E-state index contributed by atoms with van der Waals surface area (Å²) >= 11 is 0. The van der Waals surface area contributed by atoms with Gasteiger partial charge in [0.1, 0.15) is 17.8 Å². The van der Waals surface area contributed by atoms with Gasteiger partial charge >= 0.3 is 0 Å². The van der Waals surface area contributed by atoms with E-state index in [1.165, 1.54) is 6.33 Å². The van der Waals surface area contributed by atoms with E-state index >= 15 is 0 Å². The molecule has 1 aromatic carbocycles. The number of benzene rings is 1. The Labute approximate surface area is 106 Å². The van der Waals surface area contributed by atoms with Gasteiger partial charge in [-0.1, -0.05) is 0 Å². The van der Waals surface area contributed by atoms with Crippen LogP contribution in [0.2, 0.25) is 0 Å². The number of methoxy groups -OCH3 is 2. The van der Waals surface area contributed by atoms with Crippen molar-refractivity contribution in [1.29, 1.82) is 0 Å². The number of hydrogen-bond donors (Lipinski definition) is 1. The third-order valence-corrected chi connectivity index (χ3v) is 2.72. The van der Waals surface area contributed by atoms with Crippen molar-refractivity contribution in [2.75, 3.05) is 14.2 Å². The highest BCUT2D eigenvalue weighted by atomic mass is 16.5. The first-order valence-electron chi connectivity index (χ1n) is 5.48. The van der Waals surface area contributed by atoms with Crippen LogP contribution in [-0.4, -0.2) is 24.2 Å². The Morgan fingerprint density at radius 3 is 2.44 bits per heavy atom. The van der Waals surface area contributed by atoms with Crippen LogP contribution in [0.25, 0.3) is 0 Å². The molecule has 0 aliphatic heterocycles. The predicted molar refractivity (Wildman–Crippen MR) is 67.6 cm³/mol. The summed E-state index contributed by atoms with van der Waals surface area (Å²) in [5, 5.41) is 0. The van der Waals surface area contributed by atoms with Crippen molar-refractivity contribution in [3.8, 4) is 11.5 Å². The van der Waals surface area contributed by atoms with Gasteiger partial charge in [-0.25, -0.2) is 9.97 Å². The van der Waals surface area contributed by atoms with Crippen LogP contribution in [0.15, 0.2) is 36.9 Å². The largest absolute Gasteiger partial charge is 0.497 e. The fourth-order valence-corrected chi connectivity index (χ4v) is 1.73. The zero-order valence-electron chi connectivity index (χ0n) is 10.3. The van der Waals surface area contributed by atoms with Crippen LogP contribution in [0.4, 0.5) is 0 Å². The average Bonchev–Trinajstić information content (AvgIpc) is 2.46. The molecule has 1 atom stereocenters. The minimum atomic E-state index is -0.327. The van der Waals surface area contributed by atoms with Crippen molar-refractivity contribution < 1.29 is 9.47 Å². The van der Waals surface area contributed by atoms with E-state index in [4.69, 9.17) is 15.2 Å². The molecular weight excluding hydrogens is 230 g/mol. The van der Waals surface area contributed by atoms with Gasteiger partial charge in [0.2, 0.25) is 0 Å². The van der Waals surface area contributed by atoms with Gasteiger partial charge in [-0.3, -0.25) is 0 Å². The molecule has 0 saturated carbocycles. The van der Waals surface area contributed by atoms with Crippen LogP contribution in [0, 0.1) is 0 Å². The van der Waals surface area contributed by atoms with Crippen LogP contribution in [0.5, 0.6) is 11.5 Å². The third kappa shape index (κ3) is 2.41. The molecule has 0 saturated heterocycles. The molecule has 1 unspecified atom stereocenters. The Kier molecular flexibility index (Phi) is 3.74. The maximum absolute atomic E-state index is 6.18. The molecule has 0 aliphatic carbocycles. The topological polar surface area (TPSA) is 70.3 Å². The molecule has 18 heavy (non-hydrogen) atoms. The molecule has 0 radical (unpaired) electrons. The summed E-state index contributed by atoms with van der Waals surface area (Å²) in [6.45, 7) is 0. The predicted octanol–water partition coefficient (Wildman–Crippen LogP) is 1.54. The molecule has 0 bridgehead atoms. The summed E-state index contributed by atoms with van der Waals surface area (Å²) in [6.07, 6.45) is 4.87. The van der Waals surface area contributed by atoms with E-state index in [9.17, 15) is 0 Å². The van der Waals surface area contributed by atoms with Crippen molar-refractivity contribution >= 4 is 0 Å². The number of rotatable bonds is 4. The molecule has 0 fully saturated rings. The molecule has 1 heterocycles. The van der Waals surface area contributed by atoms with Gasteiger partial charge in [-0.15, -0.1) is 0 Å². The normalized spacial score (nSPS) is 11.9. The first kappa shape index (κ1) is 12.3. The Morgan fingerprint density at radius 1 is 1.11 bits per heavy atom. The van der Waals surface area contributed by atoms with Crippen LogP contribution in [0.1, 0.15) is 17.2 Å². The summed E-state index contributed by atoms with van der Waals surface area (Å²) < 4.78 is 10.5. The average molecular weight is 245 g/mol. The van der Waals surface area contributed by atoms with Gasteiger partial charge in [-0.2, -0.15) is 0 Å². The fraction of sp³-hybridized carbons (Fsp3) is 0.231. The summed E-state index contributed by atoms with van der Waals surface area (Å²) in [7, 11) is 3.21. The van der Waals surface area contributed by atoms with Crippen LogP contribution >= 0.6 is 0 Å². The highest BCUT2D eigenvalue weighted by Crippen LogP contribution is 2.31. The molecule has 0 aliphatic rings. The van der Waals surface area contributed by atoms with Crippen molar-refractivity contribution in [2.24, 2.45) is 5.73 Å². The number of nitrogens with two attached hydrogens (primary N) is 1. The first-order valence-corrected chi connectivity index (χ1v) is 5.48. The van der Waals surface area contributed by atoms with Gasteiger partial charge in [0.15, 0.2) is 0 Å². The van der Waals surface area contributed by atoms with E-state index in [1.807, 2.05) is 12.1 Å². The lowest BCUT2D eigenvalue weighted by molar-refractivity contribution is 0.390. The van der Waals surface area contributed by atoms with E-state index in [2.05, 4.69) is 9.97 Å². The minimum absolute atomic E-state index is 0.327. The molecule has 5 heteroatoms. The number of aromatic nitrogens is 2. The standard InChI is InChI=1S/C13H15N3O2/c1-17-10-3-4-11(12(5-10)18-2)13(14)9-6-15-8-16-7-9/h3-8,13H,14H2,1-2H3. The van der Waals surface area contributed by atoms with Gasteiger partial charge in [0.25, 0.3) is 0 Å². The second kappa shape index (κ2) is 5.46. The van der Waals surface area contributed by atoms with Gasteiger partial charge in [0, 0.05) is 29.6 Å². The monoisotopic (exact) mass is 245 g/mol. The Balaban J connectivity index is 2.38. The van der Waals surface area contributed by atoms with Gasteiger partial charge in [0.05, 0.1) is 20.3 Å². The SMILES string of the molecule is COc1ccc(C(N)c2cncnc2)c(OC)c1. The molecule has 0 spiro atoms. The number of hydrogen-bond acceptors (Lipinski definition) is 5. The molecule has 1 aromatic heterocycles. The van der Waals surface area contributed by atoms with E-state index in [0.29, 0.717) is 5.75 Å². The molecule has 0 amide bonds. The molecule has 5 nitrogen and oxygen atoms in total. The smallest absolute Gasteiger partial charge is 0.127 e. The zero-order chi connectivity index (χ0) is 13.0. The molecule has 2 aromatic rings. The summed E-state index contributed by atoms with van der Waals surface area (Å²) in [5.41, 5.74) is 7.89. The van der Waals surface area contributed by atoms with Crippen LogP contribution < -0.4 is 15.2 Å². The molecular formula is C13H15N3O2. The highest BCUT2D eigenvalue weighted by Gasteiger charge is 2.15. The molecule has 2 rings (SSSR count). The summed E-state index contributed by atoms with van der Waals surface area (Å²) in [5.74, 6) is 1.41. The Bertz CT molecular complexity index is 517. The van der Waals surface area contributed by atoms with Crippen molar-refractivity contribution in [1.82, 2.24) is 9.97 Å². The van der Waals surface area contributed by atoms with E-state index in [-0.39, 0.29) is 6.04 Å². The lowest BCUT2D eigenvalue weighted by Gasteiger charge is -2.16. The summed E-state index contributed by atoms with van der Waals surface area (Å²) in [4.78, 5) is 7.93. The first-order chi connectivity index (χ1) is 8.76. The van der Waals surface area contributed by atoms with Crippen molar-refractivity contribution in [2.45, 2.75) is 6.04 Å². The van der Waals surface area contributed by atoms with Crippen molar-refractivity contribution in [3.05, 3.63) is 48.0 Å². The number of nitrogens with zero attached hydrogens (tertiary/aromatic N) is 2. The quantitative estimate of drug-likeness (QED) is 0.884. The van der Waals surface area contributed by atoms with E-state index in [0.717, 1.165) is 16.9 Å². The summed E-state index contributed by atoms with van der Waals surface area (Å²) in [6, 6.07) is 5.21. The molecule has 94 valence electrons. The Morgan fingerprint density at radius 2 is 1.83 bits per heavy atom. The Hall–Kier alpha value is -2.14. The van der Waals surface area contributed by atoms with E-state index < -0.39 is 0 Å². The van der Waals surface area contributed by atoms with Crippen molar-refractivity contribution in [3.63, 3.8) is 0 Å². The fourth-order valence-electron chi connectivity index (χ4n) is 1.73. The second-order valence-corrected chi connectivity index (χ2v) is 3.76. The maximum Gasteiger partial charge on any atom is 0.127 e. The highest BCUT2D eigenvalue weighted by molar-refractivity contribution is 5.45. The molecule has 2 N–H and O–H groups in total. The van der Waals surface area contributed by atoms with Gasteiger partial charge < -0.3 is 15.2 Å². The number of ether oxygens (including phenoxy) is 2.